The van der Waals surface area contributed by atoms with Crippen LogP contribution in [0.4, 0.5) is 10.1 Å². The number of halogens is 1. The molecule has 3 N–H and O–H groups in total. The van der Waals surface area contributed by atoms with E-state index in [-0.39, 0.29) is 11.7 Å². The number of hydrogen-bond acceptors (Lipinski definition) is 3. The topological polar surface area (TPSA) is 61.9 Å². The zero-order chi connectivity index (χ0) is 15.4. The third kappa shape index (κ3) is 3.51. The van der Waals surface area contributed by atoms with E-state index >= 15 is 0 Å². The van der Waals surface area contributed by atoms with Gasteiger partial charge in [-0.05, 0) is 42.3 Å². The molecule has 0 aliphatic heterocycles. The molecular weight excluding hydrogens is 269 g/mol. The van der Waals surface area contributed by atoms with Gasteiger partial charge in [0.15, 0.2) is 5.84 Å². The molecule has 2 aromatic carbocycles. The molecule has 0 atom stereocenters. The zero-order valence-electron chi connectivity index (χ0n) is 12.0. The van der Waals surface area contributed by atoms with E-state index in [9.17, 15) is 4.39 Å². The number of benzene rings is 2. The van der Waals surface area contributed by atoms with Crippen LogP contribution in [0.3, 0.4) is 0 Å². The van der Waals surface area contributed by atoms with Crippen LogP contribution < -0.4 is 10.6 Å². The van der Waals surface area contributed by atoms with Crippen LogP contribution >= 0.6 is 0 Å². The molecule has 0 spiro atoms. The average Bonchev–Trinajstić information content (AvgIpc) is 2.48. The number of hydrogen-bond donors (Lipinski definition) is 2. The lowest BCUT2D eigenvalue weighted by Gasteiger charge is -2.23. The molecule has 0 aliphatic carbocycles. The summed E-state index contributed by atoms with van der Waals surface area (Å²) in [5, 5.41) is 12.0. The van der Waals surface area contributed by atoms with Crippen molar-refractivity contribution in [2.45, 2.75) is 13.5 Å². The highest BCUT2D eigenvalue weighted by Crippen LogP contribution is 2.23. The summed E-state index contributed by atoms with van der Waals surface area (Å²) < 4.78 is 12.9. The molecule has 0 saturated carbocycles. The van der Waals surface area contributed by atoms with Crippen LogP contribution in [0.25, 0.3) is 0 Å². The number of nitrogens with two attached hydrogens (primary N) is 1. The molecule has 2 aromatic rings. The van der Waals surface area contributed by atoms with Crippen molar-refractivity contribution in [3.63, 3.8) is 0 Å². The molecule has 0 heterocycles. The molecule has 0 bridgehead atoms. The Bertz CT molecular complexity index is 653. The van der Waals surface area contributed by atoms with Gasteiger partial charge < -0.3 is 15.8 Å². The van der Waals surface area contributed by atoms with Gasteiger partial charge in [-0.25, -0.2) is 4.39 Å². The summed E-state index contributed by atoms with van der Waals surface area (Å²) in [7, 11) is 1.91. The van der Waals surface area contributed by atoms with E-state index in [2.05, 4.69) is 5.16 Å². The van der Waals surface area contributed by atoms with E-state index < -0.39 is 0 Å². The van der Waals surface area contributed by atoms with Gasteiger partial charge in [0.1, 0.15) is 5.82 Å². The van der Waals surface area contributed by atoms with E-state index in [1.807, 2.05) is 37.1 Å². The Balaban J connectivity index is 2.31. The number of anilines is 1. The number of rotatable bonds is 4. The van der Waals surface area contributed by atoms with Crippen molar-refractivity contribution >= 4 is 11.5 Å². The van der Waals surface area contributed by atoms with Crippen LogP contribution in [0, 0.1) is 12.7 Å². The Morgan fingerprint density at radius 1 is 1.24 bits per heavy atom. The summed E-state index contributed by atoms with van der Waals surface area (Å²) >= 11 is 0. The van der Waals surface area contributed by atoms with Gasteiger partial charge in [0, 0.05) is 24.8 Å². The van der Waals surface area contributed by atoms with Crippen molar-refractivity contribution in [1.29, 1.82) is 0 Å². The first kappa shape index (κ1) is 14.8. The third-order valence-corrected chi connectivity index (χ3v) is 3.28. The van der Waals surface area contributed by atoms with Gasteiger partial charge in [0.25, 0.3) is 0 Å². The van der Waals surface area contributed by atoms with Gasteiger partial charge in [0.05, 0.1) is 0 Å². The summed E-state index contributed by atoms with van der Waals surface area (Å²) in [5.74, 6) is -0.190. The summed E-state index contributed by atoms with van der Waals surface area (Å²) in [5.41, 5.74) is 9.29. The lowest BCUT2D eigenvalue weighted by atomic mass is 10.1. The fraction of sp³-hybridized carbons (Fsp3) is 0.188. The lowest BCUT2D eigenvalue weighted by molar-refractivity contribution is 0.318. The lowest BCUT2D eigenvalue weighted by Crippen LogP contribution is -2.22. The van der Waals surface area contributed by atoms with Crippen LogP contribution in [-0.2, 0) is 6.54 Å². The molecule has 0 saturated heterocycles. The summed E-state index contributed by atoms with van der Waals surface area (Å²) in [6.07, 6.45) is 0. The van der Waals surface area contributed by atoms with E-state index in [0.717, 1.165) is 16.8 Å². The minimum Gasteiger partial charge on any atom is -0.409 e. The van der Waals surface area contributed by atoms with Crippen molar-refractivity contribution in [3.05, 3.63) is 65.0 Å². The van der Waals surface area contributed by atoms with Crippen LogP contribution in [0.15, 0.2) is 47.6 Å². The SMILES string of the molecule is Cc1ccc(C(N)=NO)c(N(C)Cc2ccc(F)cc2)c1. The fourth-order valence-electron chi connectivity index (χ4n) is 2.18. The minimum absolute atomic E-state index is 0.0657. The molecule has 4 nitrogen and oxygen atoms in total. The molecule has 5 heteroatoms. The molecule has 2 rings (SSSR count). The number of amidine groups is 1. The van der Waals surface area contributed by atoms with Crippen LogP contribution in [-0.4, -0.2) is 18.1 Å². The number of aryl methyl sites for hydroxylation is 1. The predicted octanol–water partition coefficient (Wildman–Crippen LogP) is 2.87. The predicted molar refractivity (Wildman–Crippen MR) is 82.2 cm³/mol. The van der Waals surface area contributed by atoms with Gasteiger partial charge in [-0.3, -0.25) is 0 Å². The van der Waals surface area contributed by atoms with Crippen LogP contribution in [0.2, 0.25) is 0 Å². The van der Waals surface area contributed by atoms with Crippen molar-refractivity contribution in [2.75, 3.05) is 11.9 Å². The summed E-state index contributed by atoms with van der Waals surface area (Å²) in [4.78, 5) is 1.98. The van der Waals surface area contributed by atoms with Gasteiger partial charge >= 0.3 is 0 Å². The molecule has 0 unspecified atom stereocenters. The van der Waals surface area contributed by atoms with Gasteiger partial charge in [-0.15, -0.1) is 0 Å². The summed E-state index contributed by atoms with van der Waals surface area (Å²) in [6.45, 7) is 2.57. The number of nitrogens with zero attached hydrogens (tertiary/aromatic N) is 2. The molecule has 110 valence electrons. The van der Waals surface area contributed by atoms with Crippen molar-refractivity contribution in [2.24, 2.45) is 10.9 Å². The first-order valence-corrected chi connectivity index (χ1v) is 6.55. The molecule has 0 amide bonds. The second-order valence-electron chi connectivity index (χ2n) is 4.99. The Kier molecular flexibility index (Phi) is 4.42. The minimum atomic E-state index is -0.255. The Morgan fingerprint density at radius 2 is 1.90 bits per heavy atom. The van der Waals surface area contributed by atoms with Crippen LogP contribution in [0.5, 0.6) is 0 Å². The quantitative estimate of drug-likeness (QED) is 0.393. The maximum Gasteiger partial charge on any atom is 0.172 e. The highest BCUT2D eigenvalue weighted by molar-refractivity contribution is 6.02. The second-order valence-corrected chi connectivity index (χ2v) is 4.99. The average molecular weight is 287 g/mol. The standard InChI is InChI=1S/C16H18FN3O/c1-11-3-8-14(16(18)19-21)15(9-11)20(2)10-12-4-6-13(17)7-5-12/h3-9,21H,10H2,1-2H3,(H2,18,19). The Hall–Kier alpha value is -2.56. The fourth-order valence-corrected chi connectivity index (χ4v) is 2.18. The zero-order valence-corrected chi connectivity index (χ0v) is 12.0. The highest BCUT2D eigenvalue weighted by Gasteiger charge is 2.12. The normalized spacial score (nSPS) is 11.5. The maximum atomic E-state index is 12.9. The van der Waals surface area contributed by atoms with Gasteiger partial charge in [-0.1, -0.05) is 23.4 Å². The Labute approximate surface area is 123 Å². The number of oxime groups is 1. The van der Waals surface area contributed by atoms with Crippen molar-refractivity contribution in [3.8, 4) is 0 Å². The molecule has 0 radical (unpaired) electrons. The van der Waals surface area contributed by atoms with E-state index in [1.54, 1.807) is 12.1 Å². The largest absolute Gasteiger partial charge is 0.409 e. The summed E-state index contributed by atoms with van der Waals surface area (Å²) in [6, 6.07) is 12.0. The molecule has 0 fully saturated rings. The molecular formula is C16H18FN3O. The molecule has 0 aliphatic rings. The first-order valence-electron chi connectivity index (χ1n) is 6.55. The van der Waals surface area contributed by atoms with Gasteiger partial charge in [-0.2, -0.15) is 0 Å². The van der Waals surface area contributed by atoms with Crippen molar-refractivity contribution < 1.29 is 9.60 Å². The van der Waals surface area contributed by atoms with E-state index in [4.69, 9.17) is 10.9 Å². The maximum absolute atomic E-state index is 12.9. The third-order valence-electron chi connectivity index (χ3n) is 3.28. The Morgan fingerprint density at radius 3 is 2.52 bits per heavy atom. The van der Waals surface area contributed by atoms with Crippen molar-refractivity contribution in [1.82, 2.24) is 0 Å². The van der Waals surface area contributed by atoms with E-state index in [1.165, 1.54) is 12.1 Å². The van der Waals surface area contributed by atoms with Gasteiger partial charge in [0.2, 0.25) is 0 Å². The highest BCUT2D eigenvalue weighted by atomic mass is 19.1. The monoisotopic (exact) mass is 287 g/mol. The van der Waals surface area contributed by atoms with E-state index in [0.29, 0.717) is 12.1 Å². The molecule has 0 aromatic heterocycles. The molecule has 21 heavy (non-hydrogen) atoms. The first-order chi connectivity index (χ1) is 10.0. The second kappa shape index (κ2) is 6.26. The van der Waals surface area contributed by atoms with Crippen LogP contribution in [0.1, 0.15) is 16.7 Å². The smallest absolute Gasteiger partial charge is 0.172 e.